The Morgan fingerprint density at radius 1 is 1.33 bits per heavy atom. The van der Waals surface area contributed by atoms with Crippen molar-refractivity contribution in [3.8, 4) is 0 Å². The molecule has 1 amide bonds. The van der Waals surface area contributed by atoms with Crippen molar-refractivity contribution in [1.29, 1.82) is 0 Å². The third kappa shape index (κ3) is 3.74. The maximum absolute atomic E-state index is 11.7. The standard InChI is InChI=1S/C10H17NO3S/c12-9(7-4-2-1-3-5-7)11-8(6-15)10(13)14/h7-8,15H,1-6H2,(H,11,12)(H,13,14)/t8-/m0/s1. The Bertz CT molecular complexity index is 239. The van der Waals surface area contributed by atoms with Crippen LogP contribution in [0.15, 0.2) is 0 Å². The molecule has 0 aliphatic heterocycles. The molecule has 1 rings (SSSR count). The van der Waals surface area contributed by atoms with E-state index < -0.39 is 12.0 Å². The van der Waals surface area contributed by atoms with Crippen molar-refractivity contribution in [2.24, 2.45) is 5.92 Å². The fourth-order valence-corrected chi connectivity index (χ4v) is 2.09. The van der Waals surface area contributed by atoms with Gasteiger partial charge in [0.1, 0.15) is 6.04 Å². The van der Waals surface area contributed by atoms with Gasteiger partial charge in [-0.25, -0.2) is 4.79 Å². The van der Waals surface area contributed by atoms with Crippen LogP contribution >= 0.6 is 12.6 Å². The SMILES string of the molecule is O=C(N[C@@H](CS)C(=O)O)C1CCCCC1. The number of thiol groups is 1. The average molecular weight is 231 g/mol. The number of carboxylic acids is 1. The molecule has 1 atom stereocenters. The van der Waals surface area contributed by atoms with Crippen molar-refractivity contribution in [2.75, 3.05) is 5.75 Å². The second kappa shape index (κ2) is 6.00. The van der Waals surface area contributed by atoms with Gasteiger partial charge in [0.25, 0.3) is 0 Å². The summed E-state index contributed by atoms with van der Waals surface area (Å²) >= 11 is 3.90. The molecule has 0 heterocycles. The fraction of sp³-hybridized carbons (Fsp3) is 0.800. The predicted molar refractivity (Wildman–Crippen MR) is 60.0 cm³/mol. The topological polar surface area (TPSA) is 66.4 Å². The number of hydrogen-bond acceptors (Lipinski definition) is 3. The lowest BCUT2D eigenvalue weighted by Gasteiger charge is -2.22. The van der Waals surface area contributed by atoms with Crippen LogP contribution in [-0.4, -0.2) is 28.8 Å². The van der Waals surface area contributed by atoms with E-state index in [9.17, 15) is 9.59 Å². The summed E-state index contributed by atoms with van der Waals surface area (Å²) in [5, 5.41) is 11.3. The summed E-state index contributed by atoms with van der Waals surface area (Å²) in [7, 11) is 0. The predicted octanol–water partition coefficient (Wildman–Crippen LogP) is 1.07. The molecule has 0 radical (unpaired) electrons. The van der Waals surface area contributed by atoms with Crippen LogP contribution in [-0.2, 0) is 9.59 Å². The molecule has 0 saturated heterocycles. The third-order valence-corrected chi connectivity index (χ3v) is 3.14. The van der Waals surface area contributed by atoms with E-state index in [-0.39, 0.29) is 17.6 Å². The molecule has 1 saturated carbocycles. The van der Waals surface area contributed by atoms with Crippen molar-refractivity contribution < 1.29 is 14.7 Å². The zero-order valence-electron chi connectivity index (χ0n) is 8.61. The zero-order valence-corrected chi connectivity index (χ0v) is 9.50. The number of carbonyl (C=O) groups is 2. The van der Waals surface area contributed by atoms with Gasteiger partial charge in [-0.15, -0.1) is 0 Å². The van der Waals surface area contributed by atoms with Gasteiger partial charge < -0.3 is 10.4 Å². The number of aliphatic carboxylic acids is 1. The zero-order chi connectivity index (χ0) is 11.3. The van der Waals surface area contributed by atoms with Crippen LogP contribution in [0.3, 0.4) is 0 Å². The Morgan fingerprint density at radius 2 is 1.93 bits per heavy atom. The lowest BCUT2D eigenvalue weighted by Crippen LogP contribution is -2.45. The molecule has 2 N–H and O–H groups in total. The van der Waals surface area contributed by atoms with E-state index in [2.05, 4.69) is 17.9 Å². The molecular formula is C10H17NO3S. The van der Waals surface area contributed by atoms with Gasteiger partial charge in [0.05, 0.1) is 0 Å². The van der Waals surface area contributed by atoms with Crippen LogP contribution in [0.2, 0.25) is 0 Å². The van der Waals surface area contributed by atoms with E-state index in [4.69, 9.17) is 5.11 Å². The summed E-state index contributed by atoms with van der Waals surface area (Å²) in [6, 6.07) is -0.859. The molecule has 15 heavy (non-hydrogen) atoms. The van der Waals surface area contributed by atoms with Crippen LogP contribution in [0.1, 0.15) is 32.1 Å². The Kier molecular flexibility index (Phi) is 4.94. The lowest BCUT2D eigenvalue weighted by molar-refractivity contribution is -0.141. The molecule has 4 nitrogen and oxygen atoms in total. The van der Waals surface area contributed by atoms with E-state index >= 15 is 0 Å². The van der Waals surface area contributed by atoms with E-state index in [1.54, 1.807) is 0 Å². The second-order valence-corrected chi connectivity index (χ2v) is 4.28. The number of carboxylic acid groups (broad SMARTS) is 1. The van der Waals surface area contributed by atoms with Crippen molar-refractivity contribution in [3.63, 3.8) is 0 Å². The molecule has 0 aromatic heterocycles. The maximum atomic E-state index is 11.7. The van der Waals surface area contributed by atoms with Gasteiger partial charge in [0.2, 0.25) is 5.91 Å². The van der Waals surface area contributed by atoms with Gasteiger partial charge >= 0.3 is 5.97 Å². The van der Waals surface area contributed by atoms with Crippen LogP contribution in [0.4, 0.5) is 0 Å². The first-order valence-electron chi connectivity index (χ1n) is 5.29. The van der Waals surface area contributed by atoms with Crippen molar-refractivity contribution in [1.82, 2.24) is 5.32 Å². The number of nitrogens with one attached hydrogen (secondary N) is 1. The Morgan fingerprint density at radius 3 is 2.40 bits per heavy atom. The van der Waals surface area contributed by atoms with E-state index in [0.29, 0.717) is 0 Å². The summed E-state index contributed by atoms with van der Waals surface area (Å²) in [5.41, 5.74) is 0. The Balaban J connectivity index is 2.42. The van der Waals surface area contributed by atoms with Crippen molar-refractivity contribution in [2.45, 2.75) is 38.1 Å². The quantitative estimate of drug-likeness (QED) is 0.634. The van der Waals surface area contributed by atoms with E-state index in [1.807, 2.05) is 0 Å². The molecular weight excluding hydrogens is 214 g/mol. The number of hydrogen-bond donors (Lipinski definition) is 3. The van der Waals surface area contributed by atoms with Crippen LogP contribution in [0.25, 0.3) is 0 Å². The summed E-state index contributed by atoms with van der Waals surface area (Å²) in [4.78, 5) is 22.3. The first kappa shape index (κ1) is 12.4. The minimum absolute atomic E-state index is 0.000448. The third-order valence-electron chi connectivity index (χ3n) is 2.77. The van der Waals surface area contributed by atoms with E-state index in [1.165, 1.54) is 6.42 Å². The van der Waals surface area contributed by atoms with Gasteiger partial charge in [0, 0.05) is 11.7 Å². The molecule has 0 aromatic carbocycles. The number of amides is 1. The van der Waals surface area contributed by atoms with Crippen molar-refractivity contribution >= 4 is 24.5 Å². The van der Waals surface area contributed by atoms with Gasteiger partial charge in [-0.2, -0.15) is 12.6 Å². The number of carbonyl (C=O) groups excluding carboxylic acids is 1. The van der Waals surface area contributed by atoms with Crippen molar-refractivity contribution in [3.05, 3.63) is 0 Å². The number of rotatable bonds is 4. The maximum Gasteiger partial charge on any atom is 0.327 e. The molecule has 5 heteroatoms. The smallest absolute Gasteiger partial charge is 0.327 e. The van der Waals surface area contributed by atoms with Gasteiger partial charge in [-0.3, -0.25) is 4.79 Å². The molecule has 0 unspecified atom stereocenters. The highest BCUT2D eigenvalue weighted by Crippen LogP contribution is 2.23. The summed E-state index contributed by atoms with van der Waals surface area (Å²) in [6.45, 7) is 0. The first-order chi connectivity index (χ1) is 7.15. The van der Waals surface area contributed by atoms with E-state index in [0.717, 1.165) is 25.7 Å². The normalized spacial score (nSPS) is 19.5. The first-order valence-corrected chi connectivity index (χ1v) is 5.92. The second-order valence-electron chi connectivity index (χ2n) is 3.92. The summed E-state index contributed by atoms with van der Waals surface area (Å²) in [6.07, 6.45) is 5.07. The van der Waals surface area contributed by atoms with Gasteiger partial charge in [-0.1, -0.05) is 19.3 Å². The fourth-order valence-electron chi connectivity index (χ4n) is 1.84. The molecule has 0 spiro atoms. The highest BCUT2D eigenvalue weighted by molar-refractivity contribution is 7.80. The monoisotopic (exact) mass is 231 g/mol. The van der Waals surface area contributed by atoms with Crippen LogP contribution in [0, 0.1) is 5.92 Å². The molecule has 86 valence electrons. The Labute approximate surface area is 94.8 Å². The van der Waals surface area contributed by atoms with Gasteiger partial charge in [0.15, 0.2) is 0 Å². The van der Waals surface area contributed by atoms with Crippen LogP contribution in [0.5, 0.6) is 0 Å². The molecule has 1 aliphatic carbocycles. The lowest BCUT2D eigenvalue weighted by atomic mass is 9.88. The average Bonchev–Trinajstić information content (AvgIpc) is 2.26. The summed E-state index contributed by atoms with van der Waals surface area (Å²) < 4.78 is 0. The minimum Gasteiger partial charge on any atom is -0.480 e. The molecule has 0 aromatic rings. The Hall–Kier alpha value is -0.710. The van der Waals surface area contributed by atoms with Crippen LogP contribution < -0.4 is 5.32 Å². The largest absolute Gasteiger partial charge is 0.480 e. The molecule has 1 aliphatic rings. The highest BCUT2D eigenvalue weighted by Gasteiger charge is 2.25. The highest BCUT2D eigenvalue weighted by atomic mass is 32.1. The summed E-state index contributed by atoms with van der Waals surface area (Å²) in [5.74, 6) is -1.01. The minimum atomic E-state index is -1.02. The van der Waals surface area contributed by atoms with Gasteiger partial charge in [-0.05, 0) is 12.8 Å². The molecule has 0 bridgehead atoms. The molecule has 1 fully saturated rings.